The molecule has 1 aliphatic rings. The van der Waals surface area contributed by atoms with E-state index >= 15 is 0 Å². The highest BCUT2D eigenvalue weighted by Crippen LogP contribution is 2.29. The van der Waals surface area contributed by atoms with Crippen molar-refractivity contribution in [3.05, 3.63) is 76.3 Å². The molecule has 0 spiro atoms. The second kappa shape index (κ2) is 11.2. The summed E-state index contributed by atoms with van der Waals surface area (Å²) in [5.74, 6) is -1.23. The van der Waals surface area contributed by atoms with E-state index in [9.17, 15) is 18.0 Å². The van der Waals surface area contributed by atoms with E-state index in [0.717, 1.165) is 0 Å². The first-order valence-corrected chi connectivity index (χ1v) is 12.8. The Balaban J connectivity index is 1.62. The summed E-state index contributed by atoms with van der Waals surface area (Å²) in [6, 6.07) is 11.6. The molecule has 2 aromatic carbocycles. The average molecular weight is 510 g/mol. The third-order valence-corrected chi connectivity index (χ3v) is 7.96. The van der Waals surface area contributed by atoms with Gasteiger partial charge in [0.05, 0.1) is 17.0 Å². The summed E-state index contributed by atoms with van der Waals surface area (Å²) >= 11 is 12.3. The van der Waals surface area contributed by atoms with E-state index in [4.69, 9.17) is 23.2 Å². The molecular weight excluding hydrogens is 485 g/mol. The third-order valence-electron chi connectivity index (χ3n) is 5.44. The Hall–Kier alpha value is -2.39. The number of anilines is 1. The maximum Gasteiger partial charge on any atom is 0.253 e. The summed E-state index contributed by atoms with van der Waals surface area (Å²) in [6.45, 7) is 4.31. The van der Waals surface area contributed by atoms with Gasteiger partial charge < -0.3 is 10.6 Å². The molecule has 0 radical (unpaired) electrons. The average Bonchev–Trinajstić information content (AvgIpc) is 2.80. The number of amides is 2. The molecule has 1 aliphatic heterocycles. The molecule has 0 aliphatic carbocycles. The second-order valence-corrected chi connectivity index (χ2v) is 10.4. The van der Waals surface area contributed by atoms with Crippen LogP contribution in [0.25, 0.3) is 0 Å². The van der Waals surface area contributed by atoms with Crippen LogP contribution in [0.2, 0.25) is 10.0 Å². The lowest BCUT2D eigenvalue weighted by Gasteiger charge is -2.31. The molecular formula is C23H25Cl2N3O4S. The van der Waals surface area contributed by atoms with Gasteiger partial charge in [-0.1, -0.05) is 47.5 Å². The molecule has 1 heterocycles. The van der Waals surface area contributed by atoms with Crippen LogP contribution in [0.1, 0.15) is 28.8 Å². The number of rotatable bonds is 8. The van der Waals surface area contributed by atoms with E-state index < -0.39 is 10.0 Å². The second-order valence-electron chi connectivity index (χ2n) is 7.66. The largest absolute Gasteiger partial charge is 0.349 e. The van der Waals surface area contributed by atoms with Gasteiger partial charge in [0.2, 0.25) is 15.9 Å². The monoisotopic (exact) mass is 509 g/mol. The van der Waals surface area contributed by atoms with Crippen LogP contribution in [0.15, 0.2) is 55.1 Å². The molecule has 7 nitrogen and oxygen atoms in total. The molecule has 0 unspecified atom stereocenters. The van der Waals surface area contributed by atoms with Crippen LogP contribution < -0.4 is 10.6 Å². The fourth-order valence-electron chi connectivity index (χ4n) is 3.63. The number of nitrogens with one attached hydrogen (secondary N) is 2. The minimum atomic E-state index is -3.64. The lowest BCUT2D eigenvalue weighted by Crippen LogP contribution is -2.42. The molecule has 0 saturated carbocycles. The van der Waals surface area contributed by atoms with Gasteiger partial charge in [-0.05, 0) is 37.1 Å². The standard InChI is InChI=1S/C23H25Cl2N3O4S/c1-2-12-26-23(30)17-6-3-4-9-21(17)27-22(29)16-10-13-28(14-11-16)33(31,32)15-18-19(24)7-5-8-20(18)25/h2-9,16H,1,10-15H2,(H,26,30)(H,27,29). The summed E-state index contributed by atoms with van der Waals surface area (Å²) in [4.78, 5) is 25.2. The van der Waals surface area contributed by atoms with Crippen LogP contribution in [0.5, 0.6) is 0 Å². The number of benzene rings is 2. The van der Waals surface area contributed by atoms with Crippen LogP contribution in [0, 0.1) is 5.92 Å². The Morgan fingerprint density at radius 1 is 1.06 bits per heavy atom. The fraction of sp³-hybridized carbons (Fsp3) is 0.304. The molecule has 2 amide bonds. The highest BCUT2D eigenvalue weighted by Gasteiger charge is 2.32. The van der Waals surface area contributed by atoms with Crippen LogP contribution in [-0.2, 0) is 20.6 Å². The Morgan fingerprint density at radius 3 is 2.33 bits per heavy atom. The molecule has 3 rings (SSSR count). The molecule has 0 atom stereocenters. The number of hydrogen-bond donors (Lipinski definition) is 2. The zero-order chi connectivity index (χ0) is 24.0. The van der Waals surface area contributed by atoms with Crippen LogP contribution >= 0.6 is 23.2 Å². The lowest BCUT2D eigenvalue weighted by molar-refractivity contribution is -0.120. The first-order valence-electron chi connectivity index (χ1n) is 10.4. The van der Waals surface area contributed by atoms with E-state index in [1.54, 1.807) is 48.5 Å². The number of nitrogens with zero attached hydrogens (tertiary/aromatic N) is 1. The molecule has 2 N–H and O–H groups in total. The molecule has 10 heteroatoms. The number of carbonyl (C=O) groups is 2. The zero-order valence-corrected chi connectivity index (χ0v) is 20.2. The quantitative estimate of drug-likeness (QED) is 0.523. The van der Waals surface area contributed by atoms with Gasteiger partial charge in [0, 0.05) is 41.2 Å². The molecule has 33 heavy (non-hydrogen) atoms. The van der Waals surface area contributed by atoms with Gasteiger partial charge in [0.15, 0.2) is 0 Å². The van der Waals surface area contributed by atoms with Crippen molar-refractivity contribution in [1.82, 2.24) is 9.62 Å². The van der Waals surface area contributed by atoms with Gasteiger partial charge in [-0.25, -0.2) is 12.7 Å². The van der Waals surface area contributed by atoms with Crippen molar-refractivity contribution < 1.29 is 18.0 Å². The number of halogens is 2. The van der Waals surface area contributed by atoms with Crippen molar-refractivity contribution >= 4 is 50.7 Å². The topological polar surface area (TPSA) is 95.6 Å². The Kier molecular flexibility index (Phi) is 8.53. The maximum atomic E-state index is 12.9. The summed E-state index contributed by atoms with van der Waals surface area (Å²) in [6.07, 6.45) is 2.30. The number of para-hydroxylation sites is 1. The highest BCUT2D eigenvalue weighted by atomic mass is 35.5. The van der Waals surface area contributed by atoms with Crippen molar-refractivity contribution in [3.63, 3.8) is 0 Å². The summed E-state index contributed by atoms with van der Waals surface area (Å²) in [7, 11) is -3.64. The number of sulfonamides is 1. The Bertz CT molecular complexity index is 1130. The number of hydrogen-bond acceptors (Lipinski definition) is 4. The number of piperidine rings is 1. The summed E-state index contributed by atoms with van der Waals surface area (Å²) < 4.78 is 27.1. The van der Waals surface area contributed by atoms with E-state index in [1.165, 1.54) is 4.31 Å². The lowest BCUT2D eigenvalue weighted by atomic mass is 9.97. The normalized spacial score (nSPS) is 15.1. The number of carbonyl (C=O) groups excluding carboxylic acids is 2. The van der Waals surface area contributed by atoms with Gasteiger partial charge in [0.1, 0.15) is 0 Å². The van der Waals surface area contributed by atoms with Crippen molar-refractivity contribution in [2.75, 3.05) is 25.0 Å². The van der Waals surface area contributed by atoms with E-state index in [0.29, 0.717) is 46.2 Å². The SMILES string of the molecule is C=CCNC(=O)c1ccccc1NC(=O)C1CCN(S(=O)(=O)Cc2c(Cl)cccc2Cl)CC1. The van der Waals surface area contributed by atoms with E-state index in [-0.39, 0.29) is 36.6 Å². The van der Waals surface area contributed by atoms with Crippen LogP contribution in [-0.4, -0.2) is 44.2 Å². The van der Waals surface area contributed by atoms with Gasteiger partial charge in [-0.15, -0.1) is 6.58 Å². The summed E-state index contributed by atoms with van der Waals surface area (Å²) in [5, 5.41) is 6.11. The fourth-order valence-corrected chi connectivity index (χ4v) is 5.94. The smallest absolute Gasteiger partial charge is 0.253 e. The predicted octanol–water partition coefficient (Wildman–Crippen LogP) is 4.09. The van der Waals surface area contributed by atoms with Gasteiger partial charge in [-0.2, -0.15) is 0 Å². The molecule has 1 saturated heterocycles. The molecule has 176 valence electrons. The first-order chi connectivity index (χ1) is 15.7. The van der Waals surface area contributed by atoms with Gasteiger partial charge in [0.25, 0.3) is 5.91 Å². The van der Waals surface area contributed by atoms with E-state index in [1.807, 2.05) is 0 Å². The Morgan fingerprint density at radius 2 is 1.70 bits per heavy atom. The van der Waals surface area contributed by atoms with Crippen molar-refractivity contribution in [2.45, 2.75) is 18.6 Å². The maximum absolute atomic E-state index is 12.9. The summed E-state index contributed by atoms with van der Waals surface area (Å²) in [5.41, 5.74) is 1.13. The molecule has 2 aromatic rings. The Labute approximate surface area is 203 Å². The molecule has 0 aromatic heterocycles. The van der Waals surface area contributed by atoms with Crippen molar-refractivity contribution in [1.29, 1.82) is 0 Å². The predicted molar refractivity (Wildman–Crippen MR) is 131 cm³/mol. The van der Waals surface area contributed by atoms with Gasteiger partial charge >= 0.3 is 0 Å². The van der Waals surface area contributed by atoms with Gasteiger partial charge in [-0.3, -0.25) is 9.59 Å². The third kappa shape index (κ3) is 6.35. The van der Waals surface area contributed by atoms with E-state index in [2.05, 4.69) is 17.2 Å². The molecule has 0 bridgehead atoms. The minimum Gasteiger partial charge on any atom is -0.349 e. The van der Waals surface area contributed by atoms with Crippen molar-refractivity contribution in [3.8, 4) is 0 Å². The molecule has 1 fully saturated rings. The minimum absolute atomic E-state index is 0.212. The zero-order valence-electron chi connectivity index (χ0n) is 17.9. The first kappa shape index (κ1) is 25.2. The van der Waals surface area contributed by atoms with Crippen LogP contribution in [0.3, 0.4) is 0 Å². The highest BCUT2D eigenvalue weighted by molar-refractivity contribution is 7.88. The van der Waals surface area contributed by atoms with Crippen LogP contribution in [0.4, 0.5) is 5.69 Å². The van der Waals surface area contributed by atoms with Crippen molar-refractivity contribution in [2.24, 2.45) is 5.92 Å².